The van der Waals surface area contributed by atoms with Crippen LogP contribution in [0, 0.1) is 11.8 Å². The van der Waals surface area contributed by atoms with Crippen molar-refractivity contribution in [2.45, 2.75) is 32.1 Å². The summed E-state index contributed by atoms with van der Waals surface area (Å²) in [6.45, 7) is 0.660. The van der Waals surface area contributed by atoms with Crippen molar-refractivity contribution in [2.75, 3.05) is 6.61 Å². The standard InChI is InChI=1S/C25H24N2O4/c28-21-12-17(25(29)30)11-20-23(21)19(10-15-4-2-1-3-5-15)24(27-20)18-8-9-26-13-22(18)31-14-16-6-7-16/h1-5,8-9,13,16-17,27H,6-7,10-12,14H2,(H,29,30). The maximum absolute atomic E-state index is 13.0. The highest BCUT2D eigenvalue weighted by atomic mass is 16.5. The number of carboxylic acid groups (broad SMARTS) is 1. The summed E-state index contributed by atoms with van der Waals surface area (Å²) in [5.41, 5.74) is 5.01. The number of benzene rings is 1. The number of aliphatic carboxylic acids is 1. The topological polar surface area (TPSA) is 92.3 Å². The summed E-state index contributed by atoms with van der Waals surface area (Å²) in [5.74, 6) is -0.455. The molecule has 2 aliphatic rings. The van der Waals surface area contributed by atoms with Crippen molar-refractivity contribution < 1.29 is 19.4 Å². The van der Waals surface area contributed by atoms with Crippen molar-refractivity contribution in [1.82, 2.24) is 9.97 Å². The van der Waals surface area contributed by atoms with Crippen LogP contribution in [0.5, 0.6) is 5.75 Å². The third-order valence-corrected chi connectivity index (χ3v) is 6.14. The fourth-order valence-corrected chi connectivity index (χ4v) is 4.31. The smallest absolute Gasteiger partial charge is 0.307 e. The van der Waals surface area contributed by atoms with Gasteiger partial charge in [0.05, 0.1) is 24.4 Å². The lowest BCUT2D eigenvalue weighted by Gasteiger charge is -2.18. The maximum atomic E-state index is 13.0. The fourth-order valence-electron chi connectivity index (χ4n) is 4.31. The highest BCUT2D eigenvalue weighted by Gasteiger charge is 2.35. The number of Topliss-reactive ketones (excluding diaryl/α,β-unsaturated/α-hetero) is 1. The van der Waals surface area contributed by atoms with Gasteiger partial charge >= 0.3 is 5.97 Å². The second-order valence-corrected chi connectivity index (χ2v) is 8.49. The molecule has 0 saturated heterocycles. The van der Waals surface area contributed by atoms with E-state index in [4.69, 9.17) is 4.74 Å². The molecule has 0 bridgehead atoms. The van der Waals surface area contributed by atoms with Gasteiger partial charge in [-0.3, -0.25) is 14.6 Å². The molecule has 31 heavy (non-hydrogen) atoms. The van der Waals surface area contributed by atoms with E-state index in [-0.39, 0.29) is 12.2 Å². The summed E-state index contributed by atoms with van der Waals surface area (Å²) in [4.78, 5) is 32.3. The summed E-state index contributed by atoms with van der Waals surface area (Å²) in [6.07, 6.45) is 6.74. The third-order valence-electron chi connectivity index (χ3n) is 6.14. The molecule has 1 fully saturated rings. The van der Waals surface area contributed by atoms with Gasteiger partial charge in [0.1, 0.15) is 5.75 Å². The second-order valence-electron chi connectivity index (χ2n) is 8.49. The number of rotatable bonds is 7. The number of ketones is 1. The zero-order valence-electron chi connectivity index (χ0n) is 17.1. The normalized spacial score (nSPS) is 17.9. The molecule has 5 rings (SSSR count). The Morgan fingerprint density at radius 2 is 1.97 bits per heavy atom. The second kappa shape index (κ2) is 8.02. The molecule has 2 heterocycles. The lowest BCUT2D eigenvalue weighted by Crippen LogP contribution is -2.26. The lowest BCUT2D eigenvalue weighted by atomic mass is 9.84. The number of carboxylic acids is 1. The van der Waals surface area contributed by atoms with E-state index < -0.39 is 11.9 Å². The van der Waals surface area contributed by atoms with Crippen LogP contribution in [0.1, 0.15) is 46.4 Å². The van der Waals surface area contributed by atoms with Gasteiger partial charge in [0.25, 0.3) is 0 Å². The largest absolute Gasteiger partial charge is 0.491 e. The number of carbonyl (C=O) groups excluding carboxylic acids is 1. The van der Waals surface area contributed by atoms with Gasteiger partial charge in [-0.05, 0) is 36.0 Å². The first-order valence-corrected chi connectivity index (χ1v) is 10.7. The number of hydrogen-bond acceptors (Lipinski definition) is 4. The molecule has 158 valence electrons. The fraction of sp³-hybridized carbons (Fsp3) is 0.320. The molecule has 2 aromatic heterocycles. The zero-order valence-corrected chi connectivity index (χ0v) is 17.1. The van der Waals surface area contributed by atoms with Crippen LogP contribution in [-0.2, 0) is 17.6 Å². The number of pyridine rings is 1. The van der Waals surface area contributed by atoms with Crippen LogP contribution in [0.25, 0.3) is 11.3 Å². The molecule has 6 heteroatoms. The van der Waals surface area contributed by atoms with Crippen LogP contribution in [0.2, 0.25) is 0 Å². The first-order valence-electron chi connectivity index (χ1n) is 10.7. The number of aromatic amines is 1. The Balaban J connectivity index is 1.61. The number of carbonyl (C=O) groups is 2. The summed E-state index contributed by atoms with van der Waals surface area (Å²) in [5, 5.41) is 9.49. The SMILES string of the molecule is O=C1CC(C(=O)O)Cc2[nH]c(-c3ccncc3OCC3CC3)c(Cc3ccccc3)c21. The van der Waals surface area contributed by atoms with Gasteiger partial charge in [0, 0.05) is 42.3 Å². The van der Waals surface area contributed by atoms with E-state index >= 15 is 0 Å². The number of ether oxygens (including phenoxy) is 1. The van der Waals surface area contributed by atoms with Gasteiger partial charge in [-0.1, -0.05) is 30.3 Å². The molecule has 1 unspecified atom stereocenters. The monoisotopic (exact) mass is 416 g/mol. The predicted octanol–water partition coefficient (Wildman–Crippen LogP) is 4.29. The lowest BCUT2D eigenvalue weighted by molar-refractivity contribution is -0.141. The van der Waals surface area contributed by atoms with E-state index in [1.54, 1.807) is 12.4 Å². The molecular formula is C25H24N2O4. The van der Waals surface area contributed by atoms with Crippen LogP contribution < -0.4 is 4.74 Å². The van der Waals surface area contributed by atoms with Crippen molar-refractivity contribution in [1.29, 1.82) is 0 Å². The van der Waals surface area contributed by atoms with Crippen LogP contribution in [0.3, 0.4) is 0 Å². The first-order chi connectivity index (χ1) is 15.1. The van der Waals surface area contributed by atoms with Gasteiger partial charge in [0.2, 0.25) is 0 Å². The Hall–Kier alpha value is -3.41. The van der Waals surface area contributed by atoms with Gasteiger partial charge in [-0.25, -0.2) is 0 Å². The minimum atomic E-state index is -0.933. The van der Waals surface area contributed by atoms with Crippen LogP contribution in [0.15, 0.2) is 48.8 Å². The van der Waals surface area contributed by atoms with Gasteiger partial charge in [-0.2, -0.15) is 0 Å². The highest BCUT2D eigenvalue weighted by molar-refractivity contribution is 6.03. The number of H-pyrrole nitrogens is 1. The molecule has 1 aromatic carbocycles. The van der Waals surface area contributed by atoms with Crippen LogP contribution >= 0.6 is 0 Å². The maximum Gasteiger partial charge on any atom is 0.307 e. The quantitative estimate of drug-likeness (QED) is 0.600. The Kier molecular flexibility index (Phi) is 5.06. The molecule has 2 N–H and O–H groups in total. The summed E-state index contributed by atoms with van der Waals surface area (Å²) >= 11 is 0. The Morgan fingerprint density at radius 1 is 1.16 bits per heavy atom. The molecule has 2 aliphatic carbocycles. The number of nitrogens with zero attached hydrogens (tertiary/aromatic N) is 1. The Bertz CT molecular complexity index is 1130. The number of aromatic nitrogens is 2. The minimum Gasteiger partial charge on any atom is -0.491 e. The van der Waals surface area contributed by atoms with E-state index in [0.29, 0.717) is 42.4 Å². The average molecular weight is 416 g/mol. The minimum absolute atomic E-state index is 0.0306. The van der Waals surface area contributed by atoms with Crippen molar-refractivity contribution >= 4 is 11.8 Å². The molecule has 1 atom stereocenters. The number of fused-ring (bicyclic) bond motifs is 1. The van der Waals surface area contributed by atoms with E-state index in [0.717, 1.165) is 22.4 Å². The van der Waals surface area contributed by atoms with E-state index in [9.17, 15) is 14.7 Å². The number of nitrogens with one attached hydrogen (secondary N) is 1. The summed E-state index contributed by atoms with van der Waals surface area (Å²) in [6, 6.07) is 11.9. The molecule has 3 aromatic rings. The molecule has 0 spiro atoms. The van der Waals surface area contributed by atoms with Crippen molar-refractivity contribution in [3.8, 4) is 17.0 Å². The van der Waals surface area contributed by atoms with E-state index in [1.807, 2.05) is 36.4 Å². The zero-order chi connectivity index (χ0) is 21.4. The molecule has 0 aliphatic heterocycles. The highest BCUT2D eigenvalue weighted by Crippen LogP contribution is 2.39. The third kappa shape index (κ3) is 3.98. The molecule has 0 radical (unpaired) electrons. The van der Waals surface area contributed by atoms with Gasteiger partial charge in [-0.15, -0.1) is 0 Å². The van der Waals surface area contributed by atoms with E-state index in [1.165, 1.54) is 12.8 Å². The van der Waals surface area contributed by atoms with E-state index in [2.05, 4.69) is 9.97 Å². The van der Waals surface area contributed by atoms with Crippen molar-refractivity contribution in [3.63, 3.8) is 0 Å². The molecule has 6 nitrogen and oxygen atoms in total. The first kappa shape index (κ1) is 19.5. The van der Waals surface area contributed by atoms with Crippen molar-refractivity contribution in [3.05, 3.63) is 71.2 Å². The van der Waals surface area contributed by atoms with Crippen molar-refractivity contribution in [2.24, 2.45) is 11.8 Å². The summed E-state index contributed by atoms with van der Waals surface area (Å²) in [7, 11) is 0. The Labute approximate surface area is 180 Å². The Morgan fingerprint density at radius 3 is 2.71 bits per heavy atom. The van der Waals surface area contributed by atoms with Crippen LogP contribution in [0.4, 0.5) is 0 Å². The molecule has 1 saturated carbocycles. The predicted molar refractivity (Wildman–Crippen MR) is 115 cm³/mol. The van der Waals surface area contributed by atoms with Gasteiger partial charge < -0.3 is 14.8 Å². The summed E-state index contributed by atoms with van der Waals surface area (Å²) < 4.78 is 6.08. The van der Waals surface area contributed by atoms with Gasteiger partial charge in [0.15, 0.2) is 5.78 Å². The van der Waals surface area contributed by atoms with Crippen LogP contribution in [-0.4, -0.2) is 33.4 Å². The average Bonchev–Trinajstić information content (AvgIpc) is 3.54. The molecule has 0 amide bonds. The number of hydrogen-bond donors (Lipinski definition) is 2. The molecular weight excluding hydrogens is 392 g/mol.